The molecule has 154 valence electrons. The topological polar surface area (TPSA) is 0 Å². The number of unbranched alkanes of at least 4 members (excludes halogenated alkanes) is 20. The second-order valence-corrected chi connectivity index (χ2v) is 8.22. The lowest BCUT2D eigenvalue weighted by atomic mass is 10.0. The van der Waals surface area contributed by atoms with Gasteiger partial charge in [-0.3, -0.25) is 0 Å². The molecule has 0 bridgehead atoms. The fourth-order valence-corrected chi connectivity index (χ4v) is 3.56. The van der Waals surface area contributed by atoms with Gasteiger partial charge in [-0.1, -0.05) is 129 Å². The first-order chi connectivity index (χ1) is 12.9. The molecule has 0 atom stereocenters. The second kappa shape index (κ2) is 24.6. The van der Waals surface area contributed by atoms with Crippen molar-refractivity contribution < 1.29 is 0 Å². The Kier molecular flexibility index (Phi) is 24.1. The van der Waals surface area contributed by atoms with Crippen LogP contribution in [0.5, 0.6) is 0 Å². The Bertz CT molecular complexity index is 293. The first-order valence-corrected chi connectivity index (χ1v) is 12.4. The second-order valence-electron chi connectivity index (χ2n) is 8.22. The summed E-state index contributed by atoms with van der Waals surface area (Å²) in [4.78, 5) is 0. The normalized spacial score (nSPS) is 10.7. The van der Waals surface area contributed by atoms with E-state index in [4.69, 9.17) is 0 Å². The largest absolute Gasteiger partial charge is 0.103 e. The lowest BCUT2D eigenvalue weighted by Gasteiger charge is -2.03. The molecule has 0 rings (SSSR count). The summed E-state index contributed by atoms with van der Waals surface area (Å²) in [5, 5.41) is 0. The van der Waals surface area contributed by atoms with E-state index in [1.165, 1.54) is 128 Å². The third-order valence-corrected chi connectivity index (χ3v) is 5.44. The minimum atomic E-state index is 1.11. The molecule has 0 aliphatic heterocycles. The van der Waals surface area contributed by atoms with Gasteiger partial charge < -0.3 is 0 Å². The van der Waals surface area contributed by atoms with Crippen molar-refractivity contribution in [1.29, 1.82) is 0 Å². The van der Waals surface area contributed by atoms with Gasteiger partial charge in [0.2, 0.25) is 0 Å². The average Bonchev–Trinajstić information content (AvgIpc) is 2.66. The van der Waals surface area contributed by atoms with Crippen LogP contribution in [0.4, 0.5) is 0 Å². The molecule has 0 aromatic rings. The van der Waals surface area contributed by atoms with Crippen molar-refractivity contribution >= 4 is 0 Å². The summed E-state index contributed by atoms with van der Waals surface area (Å²) >= 11 is 0. The van der Waals surface area contributed by atoms with E-state index in [9.17, 15) is 0 Å². The van der Waals surface area contributed by atoms with Gasteiger partial charge in [0.15, 0.2) is 0 Å². The van der Waals surface area contributed by atoms with Crippen molar-refractivity contribution in [2.45, 2.75) is 155 Å². The molecule has 0 fully saturated rings. The Morgan fingerprint density at radius 1 is 0.308 bits per heavy atom. The third-order valence-electron chi connectivity index (χ3n) is 5.44. The molecule has 0 aliphatic carbocycles. The standard InChI is InChI=1S/C26H50/c1-3-5-7-9-11-13-15-17-19-21-23-25-26-24-22-20-18-16-14-12-10-8-6-4-2/h3-9,11,13-26H2,1-2H3. The van der Waals surface area contributed by atoms with E-state index in [0.717, 1.165) is 12.8 Å². The molecule has 0 saturated carbocycles. The molecule has 0 N–H and O–H groups in total. The quantitative estimate of drug-likeness (QED) is 0.149. The summed E-state index contributed by atoms with van der Waals surface area (Å²) in [7, 11) is 0. The number of hydrogen-bond acceptors (Lipinski definition) is 0. The summed E-state index contributed by atoms with van der Waals surface area (Å²) in [6, 6.07) is 0. The van der Waals surface area contributed by atoms with Crippen molar-refractivity contribution in [3.8, 4) is 11.8 Å². The van der Waals surface area contributed by atoms with Gasteiger partial charge in [-0.15, -0.1) is 11.8 Å². The van der Waals surface area contributed by atoms with Crippen LogP contribution in [0.15, 0.2) is 0 Å². The maximum Gasteiger partial charge on any atom is 0.00886 e. The van der Waals surface area contributed by atoms with E-state index < -0.39 is 0 Å². The van der Waals surface area contributed by atoms with Gasteiger partial charge in [-0.25, -0.2) is 0 Å². The molecular formula is C26H50. The zero-order valence-electron chi connectivity index (χ0n) is 18.6. The van der Waals surface area contributed by atoms with Gasteiger partial charge in [0.05, 0.1) is 0 Å². The van der Waals surface area contributed by atoms with Crippen LogP contribution in [0.1, 0.15) is 155 Å². The molecule has 0 radical (unpaired) electrons. The third kappa shape index (κ3) is 23.6. The molecule has 0 amide bonds. The summed E-state index contributed by atoms with van der Waals surface area (Å²) in [6.45, 7) is 4.53. The smallest absolute Gasteiger partial charge is 0.00886 e. The van der Waals surface area contributed by atoms with E-state index >= 15 is 0 Å². The van der Waals surface area contributed by atoms with E-state index in [1.807, 2.05) is 0 Å². The van der Waals surface area contributed by atoms with Crippen LogP contribution in [0.25, 0.3) is 0 Å². The predicted molar refractivity (Wildman–Crippen MR) is 121 cm³/mol. The Morgan fingerprint density at radius 2 is 0.577 bits per heavy atom. The molecule has 0 aromatic carbocycles. The van der Waals surface area contributed by atoms with E-state index in [2.05, 4.69) is 25.7 Å². The molecule has 0 aromatic heterocycles. The highest BCUT2D eigenvalue weighted by Crippen LogP contribution is 2.14. The molecule has 0 heteroatoms. The molecule has 0 nitrogen and oxygen atoms in total. The molecule has 0 heterocycles. The summed E-state index contributed by atoms with van der Waals surface area (Å²) < 4.78 is 0. The molecule has 0 aliphatic rings. The van der Waals surface area contributed by atoms with Gasteiger partial charge in [-0.05, 0) is 12.8 Å². The van der Waals surface area contributed by atoms with Crippen LogP contribution < -0.4 is 0 Å². The zero-order chi connectivity index (χ0) is 19.0. The summed E-state index contributed by atoms with van der Waals surface area (Å²) in [5.41, 5.74) is 0. The van der Waals surface area contributed by atoms with Crippen molar-refractivity contribution in [1.82, 2.24) is 0 Å². The fourth-order valence-electron chi connectivity index (χ4n) is 3.56. The van der Waals surface area contributed by atoms with Crippen LogP contribution >= 0.6 is 0 Å². The maximum absolute atomic E-state index is 3.32. The predicted octanol–water partition coefficient (Wildman–Crippen LogP) is 9.61. The maximum atomic E-state index is 3.32. The Labute approximate surface area is 167 Å². The number of rotatable bonds is 20. The zero-order valence-corrected chi connectivity index (χ0v) is 18.6. The van der Waals surface area contributed by atoms with Crippen LogP contribution in [0, 0.1) is 11.8 Å². The molecule has 0 saturated heterocycles. The van der Waals surface area contributed by atoms with Crippen molar-refractivity contribution in [3.63, 3.8) is 0 Å². The molecule has 0 unspecified atom stereocenters. The highest BCUT2D eigenvalue weighted by molar-refractivity contribution is 4.98. The lowest BCUT2D eigenvalue weighted by molar-refractivity contribution is 0.525. The van der Waals surface area contributed by atoms with Crippen LogP contribution in [-0.2, 0) is 0 Å². The minimum absolute atomic E-state index is 1.11. The highest BCUT2D eigenvalue weighted by atomic mass is 14.0. The Hall–Kier alpha value is -0.440. The Morgan fingerprint density at radius 3 is 0.923 bits per heavy atom. The van der Waals surface area contributed by atoms with Crippen molar-refractivity contribution in [2.24, 2.45) is 0 Å². The first-order valence-electron chi connectivity index (χ1n) is 12.4. The molecule has 0 spiro atoms. The molecular weight excluding hydrogens is 312 g/mol. The van der Waals surface area contributed by atoms with E-state index in [1.54, 1.807) is 0 Å². The molecule has 26 heavy (non-hydrogen) atoms. The van der Waals surface area contributed by atoms with Crippen LogP contribution in [0.3, 0.4) is 0 Å². The van der Waals surface area contributed by atoms with Gasteiger partial charge in [0.25, 0.3) is 0 Å². The minimum Gasteiger partial charge on any atom is -0.103 e. The van der Waals surface area contributed by atoms with E-state index in [0.29, 0.717) is 0 Å². The van der Waals surface area contributed by atoms with Crippen molar-refractivity contribution in [2.75, 3.05) is 0 Å². The van der Waals surface area contributed by atoms with E-state index in [-0.39, 0.29) is 0 Å². The van der Waals surface area contributed by atoms with Gasteiger partial charge in [0, 0.05) is 12.8 Å². The fraction of sp³-hybridized carbons (Fsp3) is 0.923. The van der Waals surface area contributed by atoms with Crippen molar-refractivity contribution in [3.05, 3.63) is 0 Å². The van der Waals surface area contributed by atoms with Gasteiger partial charge >= 0.3 is 0 Å². The SMILES string of the molecule is CCCCC#CCCCCCCCCCCCCCCCCCCCC. The summed E-state index contributed by atoms with van der Waals surface area (Å²) in [6.07, 6.45) is 30.8. The monoisotopic (exact) mass is 362 g/mol. The highest BCUT2D eigenvalue weighted by Gasteiger charge is 1.94. The van der Waals surface area contributed by atoms with Gasteiger partial charge in [-0.2, -0.15) is 0 Å². The van der Waals surface area contributed by atoms with Crippen LogP contribution in [0.2, 0.25) is 0 Å². The lowest BCUT2D eigenvalue weighted by Crippen LogP contribution is -1.84. The van der Waals surface area contributed by atoms with Crippen LogP contribution in [-0.4, -0.2) is 0 Å². The number of hydrogen-bond donors (Lipinski definition) is 0. The van der Waals surface area contributed by atoms with Gasteiger partial charge in [0.1, 0.15) is 0 Å². The summed E-state index contributed by atoms with van der Waals surface area (Å²) in [5.74, 6) is 6.62. The Balaban J connectivity index is 3.01. The average molecular weight is 363 g/mol. The first kappa shape index (κ1) is 25.6.